The van der Waals surface area contributed by atoms with Crippen molar-refractivity contribution in [3.05, 3.63) is 105 Å². The van der Waals surface area contributed by atoms with Gasteiger partial charge >= 0.3 is 6.18 Å². The Morgan fingerprint density at radius 1 is 1.03 bits per heavy atom. The van der Waals surface area contributed by atoms with Gasteiger partial charge < -0.3 is 14.7 Å². The van der Waals surface area contributed by atoms with E-state index in [4.69, 9.17) is 4.74 Å². The average Bonchev–Trinajstić information content (AvgIpc) is 3.08. The number of likely N-dealkylation sites (tertiary alicyclic amines) is 1. The van der Waals surface area contributed by atoms with Crippen LogP contribution in [-0.4, -0.2) is 28.8 Å². The molecule has 0 saturated carbocycles. The van der Waals surface area contributed by atoms with Gasteiger partial charge in [0.25, 0.3) is 11.7 Å². The zero-order valence-corrected chi connectivity index (χ0v) is 19.9. The number of nitrogens with zero attached hydrogens (tertiary/aromatic N) is 1. The number of amides is 1. The Kier molecular flexibility index (Phi) is 6.71. The Balaban J connectivity index is 1.83. The minimum Gasteiger partial charge on any atom is -0.507 e. The molecule has 1 atom stereocenters. The number of alkyl halides is 3. The van der Waals surface area contributed by atoms with Gasteiger partial charge in [0.05, 0.1) is 28.8 Å². The predicted octanol–water partition coefficient (Wildman–Crippen LogP) is 6.10. The van der Waals surface area contributed by atoms with Crippen molar-refractivity contribution in [1.29, 1.82) is 0 Å². The van der Waals surface area contributed by atoms with Crippen LogP contribution in [-0.2, 0) is 22.3 Å². The number of methoxy groups -OCH3 is 1. The van der Waals surface area contributed by atoms with E-state index in [0.29, 0.717) is 15.8 Å². The third-order valence-corrected chi connectivity index (χ3v) is 6.31. The molecule has 1 heterocycles. The minimum atomic E-state index is -4.55. The lowest BCUT2D eigenvalue weighted by molar-refractivity contribution is -0.140. The second kappa shape index (κ2) is 9.58. The van der Waals surface area contributed by atoms with Gasteiger partial charge in [-0.25, -0.2) is 0 Å². The van der Waals surface area contributed by atoms with Gasteiger partial charge in [-0.2, -0.15) is 13.2 Å². The lowest BCUT2D eigenvalue weighted by Crippen LogP contribution is -2.29. The minimum absolute atomic E-state index is 0.148. The first-order valence-electron chi connectivity index (χ1n) is 10.4. The van der Waals surface area contributed by atoms with Gasteiger partial charge in [-0.05, 0) is 57.4 Å². The summed E-state index contributed by atoms with van der Waals surface area (Å²) in [6.45, 7) is -0.253. The van der Waals surface area contributed by atoms with Gasteiger partial charge in [0.15, 0.2) is 0 Å². The molecule has 0 aliphatic carbocycles. The van der Waals surface area contributed by atoms with Gasteiger partial charge in [-0.1, -0.05) is 42.5 Å². The molecule has 0 radical (unpaired) electrons. The smallest absolute Gasteiger partial charge is 0.416 e. The molecule has 0 aromatic heterocycles. The van der Waals surface area contributed by atoms with Gasteiger partial charge in [0.1, 0.15) is 11.5 Å². The molecule has 4 rings (SSSR count). The summed E-state index contributed by atoms with van der Waals surface area (Å²) in [5.74, 6) is -1.72. The second-order valence-corrected chi connectivity index (χ2v) is 8.74. The number of ketones is 1. The summed E-state index contributed by atoms with van der Waals surface area (Å²) in [6.07, 6.45) is -4.55. The fourth-order valence-corrected chi connectivity index (χ4v) is 4.58. The fraction of sp³-hybridized carbons (Fsp3) is 0.154. The highest BCUT2D eigenvalue weighted by Gasteiger charge is 2.46. The molecule has 0 spiro atoms. The Hall–Kier alpha value is -3.59. The number of aliphatic hydroxyl groups is 1. The van der Waals surface area contributed by atoms with E-state index in [0.717, 1.165) is 12.1 Å². The number of hydrogen-bond acceptors (Lipinski definition) is 4. The topological polar surface area (TPSA) is 66.8 Å². The molecule has 35 heavy (non-hydrogen) atoms. The normalized spacial score (nSPS) is 17.6. The number of ether oxygens (including phenoxy) is 1. The third kappa shape index (κ3) is 4.81. The van der Waals surface area contributed by atoms with E-state index in [9.17, 15) is 27.9 Å². The largest absolute Gasteiger partial charge is 0.507 e. The zero-order chi connectivity index (χ0) is 25.3. The molecule has 1 amide bonds. The van der Waals surface area contributed by atoms with Crippen molar-refractivity contribution in [2.75, 3.05) is 7.11 Å². The van der Waals surface area contributed by atoms with Crippen LogP contribution in [0.2, 0.25) is 0 Å². The second-order valence-electron chi connectivity index (χ2n) is 7.89. The Labute approximate surface area is 207 Å². The highest BCUT2D eigenvalue weighted by molar-refractivity contribution is 9.10. The Bertz CT molecular complexity index is 1320. The molecule has 0 bridgehead atoms. The van der Waals surface area contributed by atoms with E-state index in [-0.39, 0.29) is 23.2 Å². The van der Waals surface area contributed by atoms with Crippen LogP contribution in [0.5, 0.6) is 5.75 Å². The lowest BCUT2D eigenvalue weighted by Gasteiger charge is -2.25. The van der Waals surface area contributed by atoms with Gasteiger partial charge in [-0.3, -0.25) is 9.59 Å². The number of benzene rings is 3. The Morgan fingerprint density at radius 3 is 2.37 bits per heavy atom. The first-order valence-corrected chi connectivity index (χ1v) is 11.2. The highest BCUT2D eigenvalue weighted by atomic mass is 79.9. The highest BCUT2D eigenvalue weighted by Crippen LogP contribution is 2.41. The lowest BCUT2D eigenvalue weighted by atomic mass is 9.95. The summed E-state index contributed by atoms with van der Waals surface area (Å²) < 4.78 is 45.4. The molecular weight excluding hydrogens is 527 g/mol. The molecule has 9 heteroatoms. The van der Waals surface area contributed by atoms with E-state index in [2.05, 4.69) is 15.9 Å². The molecule has 1 N–H and O–H groups in total. The molecule has 180 valence electrons. The van der Waals surface area contributed by atoms with E-state index < -0.39 is 35.2 Å². The van der Waals surface area contributed by atoms with Crippen molar-refractivity contribution in [2.45, 2.75) is 18.8 Å². The van der Waals surface area contributed by atoms with E-state index in [1.807, 2.05) is 0 Å². The van der Waals surface area contributed by atoms with Crippen LogP contribution < -0.4 is 4.74 Å². The van der Waals surface area contributed by atoms with Crippen LogP contribution in [0, 0.1) is 0 Å². The zero-order valence-electron chi connectivity index (χ0n) is 18.3. The summed E-state index contributed by atoms with van der Waals surface area (Å²) in [6, 6.07) is 16.8. The van der Waals surface area contributed by atoms with Crippen LogP contribution in [0.1, 0.15) is 28.3 Å². The van der Waals surface area contributed by atoms with E-state index >= 15 is 0 Å². The van der Waals surface area contributed by atoms with Crippen LogP contribution in [0.4, 0.5) is 13.2 Å². The summed E-state index contributed by atoms with van der Waals surface area (Å²) in [4.78, 5) is 27.4. The molecule has 1 aliphatic heterocycles. The number of carbonyl (C=O) groups excluding carboxylic acids is 2. The number of halogens is 4. The molecular formula is C26H19BrF3NO4. The monoisotopic (exact) mass is 545 g/mol. The SMILES string of the molecule is COc1ccc(/C(O)=C2\C(=O)C(=O)N(Cc3cccc(C(F)(F)F)c3)C2c2ccccc2)cc1Br. The molecule has 1 aliphatic rings. The fourth-order valence-electron chi connectivity index (χ4n) is 4.04. The first-order chi connectivity index (χ1) is 16.6. The predicted molar refractivity (Wildman–Crippen MR) is 126 cm³/mol. The summed E-state index contributed by atoms with van der Waals surface area (Å²) in [5, 5.41) is 11.1. The number of hydrogen-bond donors (Lipinski definition) is 1. The molecule has 1 unspecified atom stereocenters. The van der Waals surface area contributed by atoms with Crippen LogP contribution in [0.25, 0.3) is 5.76 Å². The van der Waals surface area contributed by atoms with Crippen molar-refractivity contribution >= 4 is 33.4 Å². The summed E-state index contributed by atoms with van der Waals surface area (Å²) >= 11 is 3.34. The maximum Gasteiger partial charge on any atom is 0.416 e. The quantitative estimate of drug-likeness (QED) is 0.239. The number of carbonyl (C=O) groups is 2. The van der Waals surface area contributed by atoms with Gasteiger partial charge in [0.2, 0.25) is 0 Å². The molecule has 1 saturated heterocycles. The standard InChI is InChI=1S/C26H19BrF3NO4/c1-35-20-11-10-17(13-19(20)27)23(32)21-22(16-7-3-2-4-8-16)31(25(34)24(21)33)14-15-6-5-9-18(12-15)26(28,29)30/h2-13,22,32H,14H2,1H3/b23-21+. The van der Waals surface area contributed by atoms with Crippen molar-refractivity contribution < 1.29 is 32.6 Å². The number of Topliss-reactive ketones (excluding diaryl/α,β-unsaturated/α-hetero) is 1. The van der Waals surface area contributed by atoms with E-state index in [1.165, 1.54) is 24.1 Å². The summed E-state index contributed by atoms with van der Waals surface area (Å²) in [5.41, 5.74) is 0.00879. The molecule has 1 fully saturated rings. The van der Waals surface area contributed by atoms with Crippen LogP contribution in [0.3, 0.4) is 0 Å². The number of rotatable bonds is 5. The average molecular weight is 546 g/mol. The van der Waals surface area contributed by atoms with Crippen LogP contribution in [0.15, 0.2) is 82.8 Å². The van der Waals surface area contributed by atoms with E-state index in [1.54, 1.807) is 48.5 Å². The third-order valence-electron chi connectivity index (χ3n) is 5.69. The Morgan fingerprint density at radius 2 is 1.74 bits per heavy atom. The van der Waals surface area contributed by atoms with Crippen molar-refractivity contribution in [3.8, 4) is 5.75 Å². The summed E-state index contributed by atoms with van der Waals surface area (Å²) in [7, 11) is 1.48. The van der Waals surface area contributed by atoms with Crippen LogP contribution >= 0.6 is 15.9 Å². The maximum atomic E-state index is 13.2. The number of aliphatic hydroxyl groups excluding tert-OH is 1. The van der Waals surface area contributed by atoms with Gasteiger partial charge in [-0.15, -0.1) is 0 Å². The molecule has 3 aromatic rings. The van der Waals surface area contributed by atoms with Crippen molar-refractivity contribution in [1.82, 2.24) is 4.90 Å². The van der Waals surface area contributed by atoms with Crippen molar-refractivity contribution in [3.63, 3.8) is 0 Å². The van der Waals surface area contributed by atoms with Gasteiger partial charge in [0, 0.05) is 12.1 Å². The first kappa shape index (κ1) is 24.5. The van der Waals surface area contributed by atoms with Crippen molar-refractivity contribution in [2.24, 2.45) is 0 Å². The maximum absolute atomic E-state index is 13.2. The molecule has 3 aromatic carbocycles. The molecule has 5 nitrogen and oxygen atoms in total.